The molecule has 2 N–H and O–H groups in total. The van der Waals surface area contributed by atoms with Crippen molar-refractivity contribution in [3.63, 3.8) is 0 Å². The Kier molecular flexibility index (Phi) is 4.13. The fourth-order valence-corrected chi connectivity index (χ4v) is 2.91. The minimum absolute atomic E-state index is 0.361. The summed E-state index contributed by atoms with van der Waals surface area (Å²) >= 11 is 7.43. The van der Waals surface area contributed by atoms with Gasteiger partial charge in [-0.05, 0) is 45.0 Å². The van der Waals surface area contributed by atoms with E-state index < -0.39 is 0 Å². The number of hydrogen-bond donors (Lipinski definition) is 1. The number of nitrogens with zero attached hydrogens (tertiary/aromatic N) is 1. The second kappa shape index (κ2) is 5.49. The molecule has 102 valence electrons. The average molecular weight is 297 g/mol. The van der Waals surface area contributed by atoms with Crippen LogP contribution >= 0.6 is 22.9 Å². The molecule has 0 spiro atoms. The molecule has 1 aromatic heterocycles. The molecule has 0 aliphatic rings. The third kappa shape index (κ3) is 3.69. The first-order valence-corrected chi connectivity index (χ1v) is 7.20. The van der Waals surface area contributed by atoms with Gasteiger partial charge in [-0.25, -0.2) is 4.98 Å². The minimum Gasteiger partial charge on any atom is -0.486 e. The Morgan fingerprint density at radius 1 is 1.32 bits per heavy atom. The monoisotopic (exact) mass is 296 g/mol. The lowest BCUT2D eigenvalue weighted by molar-refractivity contribution is 0.305. The van der Waals surface area contributed by atoms with Gasteiger partial charge in [-0.1, -0.05) is 11.6 Å². The molecule has 1 heterocycles. The highest BCUT2D eigenvalue weighted by Gasteiger charge is 2.21. The van der Waals surface area contributed by atoms with Gasteiger partial charge in [-0.2, -0.15) is 0 Å². The number of thiazole rings is 1. The van der Waals surface area contributed by atoms with Crippen LogP contribution in [0.4, 0.5) is 0 Å². The number of nitrogens with two attached hydrogens (primary N) is 1. The summed E-state index contributed by atoms with van der Waals surface area (Å²) in [6.07, 6.45) is 0. The highest BCUT2D eigenvalue weighted by molar-refractivity contribution is 7.11. The zero-order chi connectivity index (χ0) is 14.0. The van der Waals surface area contributed by atoms with Crippen molar-refractivity contribution in [3.8, 4) is 5.75 Å². The lowest BCUT2D eigenvalue weighted by Crippen LogP contribution is -2.28. The van der Waals surface area contributed by atoms with Gasteiger partial charge in [0.15, 0.2) is 0 Å². The summed E-state index contributed by atoms with van der Waals surface area (Å²) < 4.78 is 5.68. The second-order valence-electron chi connectivity index (χ2n) is 4.99. The van der Waals surface area contributed by atoms with Crippen molar-refractivity contribution in [2.45, 2.75) is 32.9 Å². The zero-order valence-electron chi connectivity index (χ0n) is 11.2. The van der Waals surface area contributed by atoms with Crippen LogP contribution in [0.2, 0.25) is 5.02 Å². The van der Waals surface area contributed by atoms with Crippen LogP contribution in [0, 0.1) is 6.92 Å². The number of benzene rings is 1. The maximum atomic E-state index is 6.11. The highest BCUT2D eigenvalue weighted by atomic mass is 35.5. The van der Waals surface area contributed by atoms with E-state index in [2.05, 4.69) is 4.98 Å². The van der Waals surface area contributed by atoms with Crippen LogP contribution in [0.15, 0.2) is 24.3 Å². The molecule has 0 saturated heterocycles. The van der Waals surface area contributed by atoms with Crippen molar-refractivity contribution in [2.75, 3.05) is 0 Å². The Balaban J connectivity index is 2.06. The van der Waals surface area contributed by atoms with Crippen molar-refractivity contribution < 1.29 is 4.74 Å². The van der Waals surface area contributed by atoms with E-state index >= 15 is 0 Å². The molecule has 0 unspecified atom stereocenters. The topological polar surface area (TPSA) is 48.1 Å². The van der Waals surface area contributed by atoms with Gasteiger partial charge in [0, 0.05) is 15.4 Å². The van der Waals surface area contributed by atoms with Gasteiger partial charge in [0.2, 0.25) is 0 Å². The van der Waals surface area contributed by atoms with E-state index in [1.165, 1.54) is 0 Å². The van der Waals surface area contributed by atoms with E-state index in [1.54, 1.807) is 23.5 Å². The van der Waals surface area contributed by atoms with Crippen molar-refractivity contribution >= 4 is 22.9 Å². The fourth-order valence-electron chi connectivity index (χ4n) is 1.79. The SMILES string of the molecule is Cc1nc(COc2ccc(Cl)cc2)sc1C(C)(C)N. The Bertz CT molecular complexity index is 558. The first kappa shape index (κ1) is 14.3. The van der Waals surface area contributed by atoms with Gasteiger partial charge >= 0.3 is 0 Å². The van der Waals surface area contributed by atoms with Gasteiger partial charge in [-0.3, -0.25) is 0 Å². The summed E-state index contributed by atoms with van der Waals surface area (Å²) in [5.41, 5.74) is 6.73. The van der Waals surface area contributed by atoms with E-state index in [0.29, 0.717) is 11.6 Å². The van der Waals surface area contributed by atoms with Crippen molar-refractivity contribution in [1.82, 2.24) is 4.98 Å². The number of aromatic nitrogens is 1. The van der Waals surface area contributed by atoms with Crippen LogP contribution < -0.4 is 10.5 Å². The molecule has 2 rings (SSSR count). The molecule has 0 amide bonds. The predicted octanol–water partition coefficient (Wildman–Crippen LogP) is 3.88. The molecule has 0 aliphatic heterocycles. The Hall–Kier alpha value is -1.10. The molecule has 0 atom stereocenters. The van der Waals surface area contributed by atoms with E-state index in [-0.39, 0.29) is 5.54 Å². The molecule has 0 aliphatic carbocycles. The Labute approximate surface area is 122 Å². The summed E-state index contributed by atoms with van der Waals surface area (Å²) in [6, 6.07) is 7.30. The molecular weight excluding hydrogens is 280 g/mol. The van der Waals surface area contributed by atoms with Crippen LogP contribution in [-0.2, 0) is 12.1 Å². The van der Waals surface area contributed by atoms with Crippen molar-refractivity contribution in [3.05, 3.63) is 44.9 Å². The summed E-state index contributed by atoms with van der Waals surface area (Å²) in [6.45, 7) is 6.39. The minimum atomic E-state index is -0.361. The Morgan fingerprint density at radius 2 is 1.95 bits per heavy atom. The molecule has 2 aromatic rings. The first-order valence-electron chi connectivity index (χ1n) is 6.00. The fraction of sp³-hybridized carbons (Fsp3) is 0.357. The third-order valence-electron chi connectivity index (χ3n) is 2.60. The van der Waals surface area contributed by atoms with Crippen molar-refractivity contribution in [2.24, 2.45) is 5.73 Å². The smallest absolute Gasteiger partial charge is 0.140 e. The van der Waals surface area contributed by atoms with E-state index in [0.717, 1.165) is 21.3 Å². The molecule has 0 radical (unpaired) electrons. The predicted molar refractivity (Wildman–Crippen MR) is 79.8 cm³/mol. The largest absolute Gasteiger partial charge is 0.486 e. The van der Waals surface area contributed by atoms with Gasteiger partial charge < -0.3 is 10.5 Å². The van der Waals surface area contributed by atoms with Gasteiger partial charge in [-0.15, -0.1) is 11.3 Å². The standard InChI is InChI=1S/C14H17ClN2OS/c1-9-13(14(2,3)16)19-12(17-9)8-18-11-6-4-10(15)5-7-11/h4-7H,8,16H2,1-3H3. The number of rotatable bonds is 4. The van der Waals surface area contributed by atoms with Crippen LogP contribution in [0.1, 0.15) is 29.4 Å². The van der Waals surface area contributed by atoms with Crippen LogP contribution in [0.3, 0.4) is 0 Å². The number of ether oxygens (including phenoxy) is 1. The summed E-state index contributed by atoms with van der Waals surface area (Å²) in [4.78, 5) is 5.60. The van der Waals surface area contributed by atoms with E-state index in [9.17, 15) is 0 Å². The number of aryl methyl sites for hydroxylation is 1. The molecule has 0 fully saturated rings. The molecular formula is C14H17ClN2OS. The lowest BCUT2D eigenvalue weighted by atomic mass is 10.0. The quantitative estimate of drug-likeness (QED) is 0.931. The molecule has 0 bridgehead atoms. The molecule has 0 saturated carbocycles. The molecule has 5 heteroatoms. The van der Waals surface area contributed by atoms with E-state index in [4.69, 9.17) is 22.1 Å². The van der Waals surface area contributed by atoms with Gasteiger partial charge in [0.25, 0.3) is 0 Å². The van der Waals surface area contributed by atoms with Crippen LogP contribution in [-0.4, -0.2) is 4.98 Å². The highest BCUT2D eigenvalue weighted by Crippen LogP contribution is 2.28. The molecule has 1 aromatic carbocycles. The third-order valence-corrected chi connectivity index (χ3v) is 4.32. The van der Waals surface area contributed by atoms with Crippen LogP contribution in [0.25, 0.3) is 0 Å². The average Bonchev–Trinajstić information content (AvgIpc) is 2.70. The zero-order valence-corrected chi connectivity index (χ0v) is 12.8. The van der Waals surface area contributed by atoms with Gasteiger partial charge in [0.1, 0.15) is 17.4 Å². The molecule has 3 nitrogen and oxygen atoms in total. The molecule has 19 heavy (non-hydrogen) atoms. The maximum absolute atomic E-state index is 6.11. The Morgan fingerprint density at radius 3 is 2.47 bits per heavy atom. The number of halogens is 1. The van der Waals surface area contributed by atoms with Crippen LogP contribution in [0.5, 0.6) is 5.75 Å². The lowest BCUT2D eigenvalue weighted by Gasteiger charge is -2.16. The number of hydrogen-bond acceptors (Lipinski definition) is 4. The maximum Gasteiger partial charge on any atom is 0.140 e. The summed E-state index contributed by atoms with van der Waals surface area (Å²) in [5, 5.41) is 1.63. The second-order valence-corrected chi connectivity index (χ2v) is 6.51. The summed E-state index contributed by atoms with van der Waals surface area (Å²) in [5.74, 6) is 0.783. The summed E-state index contributed by atoms with van der Waals surface area (Å²) in [7, 11) is 0. The van der Waals surface area contributed by atoms with E-state index in [1.807, 2.05) is 32.9 Å². The first-order chi connectivity index (χ1) is 8.86. The van der Waals surface area contributed by atoms with Crippen molar-refractivity contribution in [1.29, 1.82) is 0 Å². The van der Waals surface area contributed by atoms with Gasteiger partial charge in [0.05, 0.1) is 5.69 Å². The normalized spacial score (nSPS) is 11.6.